The molecule has 6 nitrogen and oxygen atoms in total. The first kappa shape index (κ1) is 15.7. The molecule has 0 bridgehead atoms. The molecule has 0 unspecified atom stereocenters. The van der Waals surface area contributed by atoms with Gasteiger partial charge in [-0.25, -0.2) is 23.1 Å². The molecule has 0 atom stereocenters. The summed E-state index contributed by atoms with van der Waals surface area (Å²) in [6, 6.07) is 1.75. The van der Waals surface area contributed by atoms with Crippen molar-refractivity contribution in [2.45, 2.75) is 24.0 Å². The number of halogens is 3. The summed E-state index contributed by atoms with van der Waals surface area (Å²) in [7, 11) is 0. The molecule has 23 heavy (non-hydrogen) atoms. The van der Waals surface area contributed by atoms with Gasteiger partial charge in [0.05, 0.1) is 11.4 Å². The molecule has 1 saturated carbocycles. The zero-order valence-electron chi connectivity index (χ0n) is 11.6. The van der Waals surface area contributed by atoms with E-state index in [1.807, 2.05) is 0 Å². The smallest absolute Gasteiger partial charge is 0.323 e. The van der Waals surface area contributed by atoms with E-state index in [2.05, 4.69) is 15.5 Å². The van der Waals surface area contributed by atoms with Gasteiger partial charge in [0.1, 0.15) is 0 Å². The van der Waals surface area contributed by atoms with Crippen LogP contribution in [0.25, 0.3) is 0 Å². The molecule has 2 N–H and O–H groups in total. The molecule has 1 amide bonds. The van der Waals surface area contributed by atoms with Crippen LogP contribution >= 0.6 is 11.8 Å². The van der Waals surface area contributed by atoms with Gasteiger partial charge in [-0.2, -0.15) is 0 Å². The van der Waals surface area contributed by atoms with Crippen LogP contribution in [0.4, 0.5) is 18.9 Å². The summed E-state index contributed by atoms with van der Waals surface area (Å²) in [5.74, 6) is -5.23. The molecule has 0 aliphatic heterocycles. The SMILES string of the molecule is O=C(CSc1n[nH]c(=O)n1C1CC1)Nc1ccc(F)c(F)c1F. The predicted molar refractivity (Wildman–Crippen MR) is 76.8 cm³/mol. The van der Waals surface area contributed by atoms with Gasteiger partial charge < -0.3 is 5.32 Å². The number of carbonyl (C=O) groups excluding carboxylic acids is 1. The zero-order chi connectivity index (χ0) is 16.6. The fourth-order valence-corrected chi connectivity index (χ4v) is 2.80. The van der Waals surface area contributed by atoms with E-state index in [4.69, 9.17) is 0 Å². The molecule has 10 heteroatoms. The summed E-state index contributed by atoms with van der Waals surface area (Å²) >= 11 is 0.995. The lowest BCUT2D eigenvalue weighted by Gasteiger charge is -2.07. The monoisotopic (exact) mass is 344 g/mol. The highest BCUT2D eigenvalue weighted by molar-refractivity contribution is 7.99. The number of anilines is 1. The lowest BCUT2D eigenvalue weighted by atomic mass is 10.3. The topological polar surface area (TPSA) is 79.8 Å². The molecule has 2 aromatic rings. The molecule has 0 radical (unpaired) electrons. The lowest BCUT2D eigenvalue weighted by molar-refractivity contribution is -0.113. The van der Waals surface area contributed by atoms with Crippen LogP contribution in [0.3, 0.4) is 0 Å². The van der Waals surface area contributed by atoms with E-state index in [1.165, 1.54) is 4.57 Å². The number of hydrogen-bond donors (Lipinski definition) is 2. The number of amides is 1. The number of nitrogens with zero attached hydrogens (tertiary/aromatic N) is 2. The van der Waals surface area contributed by atoms with Crippen molar-refractivity contribution in [3.63, 3.8) is 0 Å². The van der Waals surface area contributed by atoms with E-state index in [0.29, 0.717) is 5.16 Å². The first-order valence-electron chi connectivity index (χ1n) is 6.70. The van der Waals surface area contributed by atoms with Crippen LogP contribution < -0.4 is 11.0 Å². The Balaban J connectivity index is 1.64. The molecule has 1 aromatic carbocycles. The summed E-state index contributed by atoms with van der Waals surface area (Å²) in [4.78, 5) is 23.4. The Kier molecular flexibility index (Phi) is 4.16. The average molecular weight is 344 g/mol. The van der Waals surface area contributed by atoms with Gasteiger partial charge in [0.2, 0.25) is 5.91 Å². The van der Waals surface area contributed by atoms with Gasteiger partial charge in [-0.05, 0) is 25.0 Å². The van der Waals surface area contributed by atoms with Gasteiger partial charge in [-0.3, -0.25) is 9.36 Å². The highest BCUT2D eigenvalue weighted by Gasteiger charge is 2.28. The summed E-state index contributed by atoms with van der Waals surface area (Å²) in [6.07, 6.45) is 1.75. The highest BCUT2D eigenvalue weighted by Crippen LogP contribution is 2.36. The van der Waals surface area contributed by atoms with E-state index in [0.717, 1.165) is 36.7 Å². The molecule has 122 valence electrons. The number of benzene rings is 1. The predicted octanol–water partition coefficient (Wildman–Crippen LogP) is 2.05. The molecule has 1 fully saturated rings. The number of nitrogens with one attached hydrogen (secondary N) is 2. The third-order valence-corrected chi connectivity index (χ3v) is 4.18. The summed E-state index contributed by atoms with van der Waals surface area (Å²) < 4.78 is 40.8. The summed E-state index contributed by atoms with van der Waals surface area (Å²) in [5.41, 5.74) is -0.793. The number of aromatic nitrogens is 3. The Labute approximate surface area is 132 Å². The molecule has 1 aliphatic carbocycles. The van der Waals surface area contributed by atoms with Crippen LogP contribution in [0.15, 0.2) is 22.1 Å². The second-order valence-corrected chi connectivity index (χ2v) is 5.91. The third-order valence-electron chi connectivity index (χ3n) is 3.23. The highest BCUT2D eigenvalue weighted by atomic mass is 32.2. The molecule has 0 saturated heterocycles. The minimum Gasteiger partial charge on any atom is -0.323 e. The van der Waals surface area contributed by atoms with E-state index in [1.54, 1.807) is 0 Å². The van der Waals surface area contributed by atoms with Crippen molar-refractivity contribution in [3.05, 3.63) is 40.1 Å². The first-order chi connectivity index (χ1) is 11.0. The van der Waals surface area contributed by atoms with Crippen molar-refractivity contribution in [2.75, 3.05) is 11.1 Å². The fraction of sp³-hybridized carbons (Fsp3) is 0.308. The molecule has 1 aliphatic rings. The fourth-order valence-electron chi connectivity index (χ4n) is 1.99. The quantitative estimate of drug-likeness (QED) is 0.643. The Morgan fingerprint density at radius 3 is 2.78 bits per heavy atom. The summed E-state index contributed by atoms with van der Waals surface area (Å²) in [6.45, 7) is 0. The van der Waals surface area contributed by atoms with Crippen LogP contribution in [-0.4, -0.2) is 26.4 Å². The maximum Gasteiger partial charge on any atom is 0.344 e. The van der Waals surface area contributed by atoms with Crippen molar-refractivity contribution in [1.29, 1.82) is 0 Å². The largest absolute Gasteiger partial charge is 0.344 e. The van der Waals surface area contributed by atoms with Crippen molar-refractivity contribution in [1.82, 2.24) is 14.8 Å². The molecular formula is C13H11F3N4O2S. The van der Waals surface area contributed by atoms with E-state index in [9.17, 15) is 22.8 Å². The van der Waals surface area contributed by atoms with Gasteiger partial charge in [-0.1, -0.05) is 11.8 Å². The van der Waals surface area contributed by atoms with Gasteiger partial charge in [0.25, 0.3) is 0 Å². The normalized spacial score (nSPS) is 14.0. The number of rotatable bonds is 5. The van der Waals surface area contributed by atoms with Gasteiger partial charge in [0, 0.05) is 6.04 Å². The summed E-state index contributed by atoms with van der Waals surface area (Å²) in [5, 5.41) is 8.64. The molecule has 3 rings (SSSR count). The molecule has 1 aromatic heterocycles. The Morgan fingerprint density at radius 1 is 1.35 bits per heavy atom. The van der Waals surface area contributed by atoms with E-state index >= 15 is 0 Å². The maximum atomic E-state index is 13.5. The maximum absolute atomic E-state index is 13.5. The average Bonchev–Trinajstić information content (AvgIpc) is 3.29. The minimum absolute atomic E-state index is 0.0930. The Morgan fingerprint density at radius 2 is 2.09 bits per heavy atom. The third kappa shape index (κ3) is 3.26. The van der Waals surface area contributed by atoms with E-state index in [-0.39, 0.29) is 17.5 Å². The number of H-pyrrole nitrogens is 1. The minimum atomic E-state index is -1.65. The second kappa shape index (κ2) is 6.11. The van der Waals surface area contributed by atoms with Crippen LogP contribution in [0.5, 0.6) is 0 Å². The van der Waals surface area contributed by atoms with Crippen LogP contribution in [0.2, 0.25) is 0 Å². The van der Waals surface area contributed by atoms with Crippen molar-refractivity contribution in [3.8, 4) is 0 Å². The second-order valence-electron chi connectivity index (χ2n) is 4.97. The van der Waals surface area contributed by atoms with E-state index < -0.39 is 29.0 Å². The van der Waals surface area contributed by atoms with Gasteiger partial charge in [0.15, 0.2) is 22.6 Å². The van der Waals surface area contributed by atoms with Crippen LogP contribution in [0, 0.1) is 17.5 Å². The number of carbonyl (C=O) groups is 1. The molecule has 1 heterocycles. The number of hydrogen-bond acceptors (Lipinski definition) is 4. The first-order valence-corrected chi connectivity index (χ1v) is 7.69. The Bertz CT molecular complexity index is 816. The van der Waals surface area contributed by atoms with Crippen molar-refractivity contribution >= 4 is 23.4 Å². The lowest BCUT2D eigenvalue weighted by Crippen LogP contribution is -2.18. The zero-order valence-corrected chi connectivity index (χ0v) is 12.4. The standard InChI is InChI=1S/C13H11F3N4O2S/c14-7-3-4-8(11(16)10(7)15)17-9(21)5-23-13-19-18-12(22)20(13)6-1-2-6/h3-4,6H,1-2,5H2,(H,17,21)(H,18,22). The van der Waals surface area contributed by atoms with Gasteiger partial charge in [-0.15, -0.1) is 5.10 Å². The van der Waals surface area contributed by atoms with Gasteiger partial charge >= 0.3 is 5.69 Å². The Hall–Kier alpha value is -2.23. The van der Waals surface area contributed by atoms with Crippen molar-refractivity contribution in [2.24, 2.45) is 0 Å². The molecular weight excluding hydrogens is 333 g/mol. The number of aromatic amines is 1. The van der Waals surface area contributed by atoms with Crippen LogP contribution in [0.1, 0.15) is 18.9 Å². The number of thioether (sulfide) groups is 1. The van der Waals surface area contributed by atoms with Crippen LogP contribution in [-0.2, 0) is 4.79 Å². The van der Waals surface area contributed by atoms with Crippen molar-refractivity contribution < 1.29 is 18.0 Å². The molecule has 0 spiro atoms.